The summed E-state index contributed by atoms with van der Waals surface area (Å²) in [5.74, 6) is 1.75. The number of furan rings is 1. The predicted octanol–water partition coefficient (Wildman–Crippen LogP) is 7.37. The first kappa shape index (κ1) is 32.1. The maximum Gasteiger partial charge on any atom is 0.218 e. The summed E-state index contributed by atoms with van der Waals surface area (Å²) in [6.07, 6.45) is 13.4. The quantitative estimate of drug-likeness (QED) is 0.226. The fraction of sp³-hybridized carbons (Fsp3) is 0.553. The minimum absolute atomic E-state index is 0.147. The molecular formula is C38H49NO5S. The summed E-state index contributed by atoms with van der Waals surface area (Å²) < 4.78 is 30.7. The molecule has 45 heavy (non-hydrogen) atoms. The maximum absolute atomic E-state index is 12.9. The van der Waals surface area contributed by atoms with E-state index in [2.05, 4.69) is 38.1 Å². The van der Waals surface area contributed by atoms with Crippen LogP contribution in [0.1, 0.15) is 123 Å². The lowest BCUT2D eigenvalue weighted by molar-refractivity contribution is -0.116. The molecule has 2 fully saturated rings. The van der Waals surface area contributed by atoms with Crippen molar-refractivity contribution >= 4 is 21.3 Å². The van der Waals surface area contributed by atoms with Crippen LogP contribution in [-0.2, 0) is 52.3 Å². The second-order valence-corrected chi connectivity index (χ2v) is 16.5. The molecule has 242 valence electrons. The van der Waals surface area contributed by atoms with Crippen LogP contribution in [0.5, 0.6) is 0 Å². The summed E-state index contributed by atoms with van der Waals surface area (Å²) in [6, 6.07) is 10.3. The topological polar surface area (TPSA) is 111 Å². The molecule has 1 heterocycles. The van der Waals surface area contributed by atoms with E-state index in [9.17, 15) is 18.3 Å². The van der Waals surface area contributed by atoms with E-state index in [0.717, 1.165) is 36.4 Å². The number of nitrogen functional groups attached to an aromatic ring is 1. The van der Waals surface area contributed by atoms with E-state index in [0.29, 0.717) is 23.3 Å². The fourth-order valence-corrected chi connectivity index (χ4v) is 8.71. The Morgan fingerprint density at radius 2 is 1.47 bits per heavy atom. The largest absolute Gasteiger partial charge is 0.453 e. The lowest BCUT2D eigenvalue weighted by Crippen LogP contribution is -2.20. The third-order valence-corrected chi connectivity index (χ3v) is 12.3. The first-order chi connectivity index (χ1) is 21.3. The van der Waals surface area contributed by atoms with E-state index in [1.165, 1.54) is 90.7 Å². The van der Waals surface area contributed by atoms with Crippen molar-refractivity contribution in [2.45, 2.75) is 121 Å². The number of aryl methyl sites for hydroxylation is 2. The Labute approximate surface area is 268 Å². The van der Waals surface area contributed by atoms with Crippen molar-refractivity contribution in [1.82, 2.24) is 0 Å². The number of fused-ring (bicyclic) bond motifs is 2. The normalized spacial score (nSPS) is 19.0. The van der Waals surface area contributed by atoms with Gasteiger partial charge in [0.2, 0.25) is 14.9 Å². The summed E-state index contributed by atoms with van der Waals surface area (Å²) >= 11 is 0. The highest BCUT2D eigenvalue weighted by molar-refractivity contribution is 7.92. The van der Waals surface area contributed by atoms with Gasteiger partial charge in [0.05, 0.1) is 11.9 Å². The van der Waals surface area contributed by atoms with Crippen molar-refractivity contribution in [3.05, 3.63) is 81.1 Å². The molecule has 0 radical (unpaired) electrons. The van der Waals surface area contributed by atoms with Crippen LogP contribution in [0.25, 0.3) is 0 Å². The Morgan fingerprint density at radius 3 is 2.04 bits per heavy atom. The van der Waals surface area contributed by atoms with Gasteiger partial charge in [0, 0.05) is 23.7 Å². The highest BCUT2D eigenvalue weighted by Crippen LogP contribution is 2.46. The minimum Gasteiger partial charge on any atom is -0.453 e. The van der Waals surface area contributed by atoms with E-state index in [1.54, 1.807) is 13.8 Å². The van der Waals surface area contributed by atoms with Crippen molar-refractivity contribution in [3.63, 3.8) is 0 Å². The van der Waals surface area contributed by atoms with E-state index < -0.39 is 21.2 Å². The molecule has 2 saturated carbocycles. The molecule has 0 unspecified atom stereocenters. The van der Waals surface area contributed by atoms with Gasteiger partial charge in [-0.1, -0.05) is 38.1 Å². The first-order valence-electron chi connectivity index (χ1n) is 16.9. The molecule has 0 aliphatic heterocycles. The molecule has 0 amide bonds. The number of hydrogen-bond donors (Lipinski definition) is 2. The standard InChI is InChI=1S/C24H30O5S.C14H19N/c1-15(16-7-8-16)20-10-9-17-5-4-6-21(17)22(20)12-19(25)14-30(27,28)23-11-18(13-29-23)24(2,3)26;1-9(10-5-6-10)12-8-7-11-3-2-4-13(11)14(12)15/h9-11,13,15-16,26H,4-8,12,14H2,1-3H3;7-10H,2-6,15H2,1H3/t15-;9-/m00/s1. The molecule has 3 aromatic rings. The number of nitrogens with two attached hydrogens (primary N) is 1. The van der Waals surface area contributed by atoms with E-state index in [4.69, 9.17) is 10.2 Å². The van der Waals surface area contributed by atoms with Crippen LogP contribution in [0.15, 0.2) is 46.1 Å². The number of hydrogen-bond acceptors (Lipinski definition) is 6. The third kappa shape index (κ3) is 6.95. The second-order valence-electron chi connectivity index (χ2n) is 14.6. The van der Waals surface area contributed by atoms with Crippen LogP contribution in [0.3, 0.4) is 0 Å². The number of carbonyl (C=O) groups is 1. The van der Waals surface area contributed by atoms with Gasteiger partial charge in [0.25, 0.3) is 0 Å². The van der Waals surface area contributed by atoms with Gasteiger partial charge in [-0.2, -0.15) is 0 Å². The predicted molar refractivity (Wildman–Crippen MR) is 178 cm³/mol. The summed E-state index contributed by atoms with van der Waals surface area (Å²) in [4.78, 5) is 12.9. The Bertz CT molecular complexity index is 1690. The summed E-state index contributed by atoms with van der Waals surface area (Å²) in [6.45, 7) is 7.67. The number of ketones is 1. The molecular weight excluding hydrogens is 582 g/mol. The number of carbonyl (C=O) groups excluding carboxylic acids is 1. The molecule has 7 rings (SSSR count). The van der Waals surface area contributed by atoms with Crippen LogP contribution in [0.4, 0.5) is 5.69 Å². The van der Waals surface area contributed by atoms with Crippen molar-refractivity contribution in [2.75, 3.05) is 11.5 Å². The second kappa shape index (κ2) is 12.4. The van der Waals surface area contributed by atoms with Gasteiger partial charge < -0.3 is 15.3 Å². The van der Waals surface area contributed by atoms with Gasteiger partial charge in [-0.3, -0.25) is 4.79 Å². The highest BCUT2D eigenvalue weighted by atomic mass is 32.2. The average Bonchev–Trinajstić information content (AvgIpc) is 3.83. The third-order valence-electron chi connectivity index (χ3n) is 10.8. The average molecular weight is 632 g/mol. The molecule has 6 nitrogen and oxygen atoms in total. The van der Waals surface area contributed by atoms with Crippen LogP contribution in [0, 0.1) is 11.8 Å². The monoisotopic (exact) mass is 631 g/mol. The van der Waals surface area contributed by atoms with Gasteiger partial charge in [-0.25, -0.2) is 8.42 Å². The zero-order valence-corrected chi connectivity index (χ0v) is 28.1. The SMILES string of the molecule is C[C@H](c1ccc2c(c1CC(=O)CS(=O)(=O)c1cc(C(C)(C)O)co1)CCC2)C1CC1.C[C@H](c1ccc2c(c1N)CCC2)C1CC1. The minimum atomic E-state index is -3.90. The Hall–Kier alpha value is -2.90. The molecule has 0 spiro atoms. The number of rotatable bonds is 10. The summed E-state index contributed by atoms with van der Waals surface area (Å²) in [5.41, 5.74) is 15.8. The summed E-state index contributed by atoms with van der Waals surface area (Å²) in [7, 11) is -3.90. The van der Waals surface area contributed by atoms with Gasteiger partial charge in [-0.05, 0) is 141 Å². The van der Waals surface area contributed by atoms with Crippen LogP contribution in [-0.4, -0.2) is 25.1 Å². The molecule has 2 aromatic carbocycles. The molecule has 7 heteroatoms. The van der Waals surface area contributed by atoms with Crippen LogP contribution < -0.4 is 5.73 Å². The fourth-order valence-electron chi connectivity index (χ4n) is 7.54. The Balaban J connectivity index is 0.000000198. The lowest BCUT2D eigenvalue weighted by atomic mass is 9.86. The van der Waals surface area contributed by atoms with Crippen molar-refractivity contribution < 1.29 is 22.7 Å². The number of Topliss-reactive ketones (excluding diaryl/α,β-unsaturated/α-hetero) is 1. The Kier molecular flexibility index (Phi) is 8.81. The van der Waals surface area contributed by atoms with Gasteiger partial charge in [0.1, 0.15) is 5.75 Å². The van der Waals surface area contributed by atoms with E-state index in [-0.39, 0.29) is 17.3 Å². The van der Waals surface area contributed by atoms with Gasteiger partial charge >= 0.3 is 0 Å². The van der Waals surface area contributed by atoms with E-state index in [1.807, 2.05) is 0 Å². The molecule has 0 saturated heterocycles. The number of anilines is 1. The highest BCUT2D eigenvalue weighted by Gasteiger charge is 2.34. The van der Waals surface area contributed by atoms with Crippen molar-refractivity contribution in [3.8, 4) is 0 Å². The lowest BCUT2D eigenvalue weighted by Gasteiger charge is -2.19. The Morgan fingerprint density at radius 1 is 0.911 bits per heavy atom. The molecule has 4 aliphatic rings. The van der Waals surface area contributed by atoms with Gasteiger partial charge in [-0.15, -0.1) is 0 Å². The molecule has 1 aromatic heterocycles. The molecule has 4 aliphatic carbocycles. The number of aliphatic hydroxyl groups is 1. The first-order valence-corrected chi connectivity index (χ1v) is 18.6. The number of sulfone groups is 1. The zero-order chi connectivity index (χ0) is 32.1. The van der Waals surface area contributed by atoms with Crippen LogP contribution >= 0.6 is 0 Å². The van der Waals surface area contributed by atoms with Crippen molar-refractivity contribution in [2.24, 2.45) is 11.8 Å². The zero-order valence-electron chi connectivity index (χ0n) is 27.3. The van der Waals surface area contributed by atoms with Crippen molar-refractivity contribution in [1.29, 1.82) is 0 Å². The van der Waals surface area contributed by atoms with Crippen LogP contribution in [0.2, 0.25) is 0 Å². The smallest absolute Gasteiger partial charge is 0.218 e. The number of benzene rings is 2. The maximum atomic E-state index is 12.9. The van der Waals surface area contributed by atoms with E-state index >= 15 is 0 Å². The molecule has 2 atom stereocenters. The summed E-state index contributed by atoms with van der Waals surface area (Å²) in [5, 5.41) is 9.78. The molecule has 0 bridgehead atoms. The van der Waals surface area contributed by atoms with Gasteiger partial charge in [0.15, 0.2) is 5.78 Å². The molecule has 3 N–H and O–H groups in total.